The minimum absolute atomic E-state index is 1.10. The van der Waals surface area contributed by atoms with Crippen LogP contribution in [0.4, 0.5) is 0 Å². The highest BCUT2D eigenvalue weighted by Gasteiger charge is 2.54. The molecule has 0 unspecified atom stereocenters. The van der Waals surface area contributed by atoms with Crippen LogP contribution in [0.5, 0.6) is 0 Å². The maximum absolute atomic E-state index is 2.67. The van der Waals surface area contributed by atoms with E-state index in [0.717, 1.165) is 167 Å². The van der Waals surface area contributed by atoms with Gasteiger partial charge in [0.2, 0.25) is 0 Å². The van der Waals surface area contributed by atoms with E-state index >= 15 is 0 Å². The van der Waals surface area contributed by atoms with Crippen molar-refractivity contribution < 1.29 is 0 Å². The number of benzene rings is 22. The van der Waals surface area contributed by atoms with Gasteiger partial charge in [-0.05, 0) is 281 Å². The first-order chi connectivity index (χ1) is 66.1. The molecule has 0 bridgehead atoms. The normalized spacial score (nSPS) is 12.0. The minimum atomic E-state index is -1.15. The maximum Gasteiger partial charge on any atom is 0.0726 e. The first-order valence-electron chi connectivity index (χ1n) is 46.2. The fourth-order valence-corrected chi connectivity index (χ4v) is 21.9. The van der Waals surface area contributed by atoms with Crippen molar-refractivity contribution in [2.45, 2.75) is 5.41 Å². The molecular weight excluding hydrogens is 1600 g/mol. The smallest absolute Gasteiger partial charge is 0.0622 e. The van der Waals surface area contributed by atoms with Crippen LogP contribution in [0.1, 0.15) is 22.3 Å². The molecule has 0 saturated heterocycles. The molecule has 0 amide bonds. The third-order valence-corrected chi connectivity index (χ3v) is 27.7. The molecule has 2 aliphatic rings. The van der Waals surface area contributed by atoms with Gasteiger partial charge in [-0.3, -0.25) is 0 Å². The Kier molecular flexibility index (Phi) is 20.3. The minimum Gasteiger partial charge on any atom is -0.0622 e. The van der Waals surface area contributed by atoms with E-state index in [9.17, 15) is 0 Å². The summed E-state index contributed by atoms with van der Waals surface area (Å²) in [5, 5.41) is 0. The second kappa shape index (κ2) is 34.1. The van der Waals surface area contributed by atoms with E-state index in [1.807, 2.05) is 0 Å². The summed E-state index contributed by atoms with van der Waals surface area (Å²) < 4.78 is 0. The Labute approximate surface area is 778 Å². The monoisotopic (exact) mass is 1680 g/mol. The zero-order valence-electron chi connectivity index (χ0n) is 73.3. The van der Waals surface area contributed by atoms with Gasteiger partial charge in [0.25, 0.3) is 0 Å². The van der Waals surface area contributed by atoms with E-state index in [0.29, 0.717) is 0 Å². The highest BCUT2D eigenvalue weighted by atomic mass is 14.6. The summed E-state index contributed by atoms with van der Waals surface area (Å²) in [6, 6.07) is 201. The topological polar surface area (TPSA) is 0 Å². The van der Waals surface area contributed by atoms with E-state index in [1.165, 1.54) is 77.9 Å². The van der Waals surface area contributed by atoms with Crippen molar-refractivity contribution in [3.8, 4) is 223 Å². The van der Waals surface area contributed by atoms with Crippen LogP contribution >= 0.6 is 0 Å². The lowest BCUT2D eigenvalue weighted by atomic mass is 9.68. The van der Waals surface area contributed by atoms with Gasteiger partial charge in [0.15, 0.2) is 0 Å². The number of hydrogen-bond donors (Lipinski definition) is 0. The molecule has 22 aromatic rings. The fourth-order valence-electron chi connectivity index (χ4n) is 21.9. The third-order valence-electron chi connectivity index (χ3n) is 27.7. The molecule has 0 atom stereocenters. The van der Waals surface area contributed by atoms with Crippen LogP contribution in [-0.2, 0) is 5.41 Å². The molecule has 0 aromatic heterocycles. The average molecular weight is 1690 g/mol. The first-order valence-corrected chi connectivity index (χ1v) is 46.2. The summed E-state index contributed by atoms with van der Waals surface area (Å²) in [6.45, 7) is 0. The van der Waals surface area contributed by atoms with Crippen LogP contribution in [0.2, 0.25) is 0 Å². The fraction of sp³-hybridized carbons (Fsp3) is 0.00752. The average Bonchev–Trinajstić information content (AvgIpc) is 1.49. The Hall–Kier alpha value is -17.2. The maximum atomic E-state index is 2.67. The molecule has 0 heterocycles. The van der Waals surface area contributed by atoms with Gasteiger partial charge in [-0.15, -0.1) is 0 Å². The van der Waals surface area contributed by atoms with Crippen molar-refractivity contribution in [3.63, 3.8) is 0 Å². The lowest BCUT2D eigenvalue weighted by Crippen LogP contribution is -2.26. The van der Waals surface area contributed by atoms with E-state index in [2.05, 4.69) is 534 Å². The molecule has 2 aliphatic carbocycles. The predicted molar refractivity (Wildman–Crippen MR) is 561 cm³/mol. The van der Waals surface area contributed by atoms with Gasteiger partial charge in [-0.2, -0.15) is 0 Å². The Morgan fingerprint density at radius 2 is 0.226 bits per heavy atom. The first kappa shape index (κ1) is 79.3. The van der Waals surface area contributed by atoms with Gasteiger partial charge in [0.1, 0.15) is 0 Å². The zero-order chi connectivity index (χ0) is 88.1. The molecule has 24 rings (SSSR count). The summed E-state index contributed by atoms with van der Waals surface area (Å²) in [4.78, 5) is 0. The summed E-state index contributed by atoms with van der Waals surface area (Å²) in [6.07, 6.45) is 0. The summed E-state index contributed by atoms with van der Waals surface area (Å²) >= 11 is 0. The molecule has 620 valence electrons. The van der Waals surface area contributed by atoms with Crippen LogP contribution in [0.15, 0.2) is 534 Å². The molecule has 1 spiro atoms. The Balaban J connectivity index is 0.890. The van der Waals surface area contributed by atoms with Crippen LogP contribution in [0.3, 0.4) is 0 Å². The third kappa shape index (κ3) is 13.9. The molecule has 133 heavy (non-hydrogen) atoms. The van der Waals surface area contributed by atoms with Crippen molar-refractivity contribution in [2.24, 2.45) is 0 Å². The van der Waals surface area contributed by atoms with Crippen molar-refractivity contribution >= 4 is 0 Å². The molecule has 0 radical (unpaired) electrons. The largest absolute Gasteiger partial charge is 0.0726 e. The van der Waals surface area contributed by atoms with Gasteiger partial charge in [-0.1, -0.05) is 497 Å². The lowest BCUT2D eigenvalue weighted by molar-refractivity contribution is 0.795. The number of rotatable bonds is 18. The van der Waals surface area contributed by atoms with Gasteiger partial charge < -0.3 is 0 Å². The van der Waals surface area contributed by atoms with Crippen LogP contribution in [0.25, 0.3) is 223 Å². The van der Waals surface area contributed by atoms with Crippen LogP contribution < -0.4 is 0 Å². The van der Waals surface area contributed by atoms with Crippen molar-refractivity contribution in [2.75, 3.05) is 0 Å². The molecule has 22 aromatic carbocycles. The second-order valence-corrected chi connectivity index (χ2v) is 34.9. The lowest BCUT2D eigenvalue weighted by Gasteiger charge is -2.33. The van der Waals surface area contributed by atoms with Crippen LogP contribution in [0, 0.1) is 0 Å². The molecule has 0 N–H and O–H groups in total. The van der Waals surface area contributed by atoms with Crippen molar-refractivity contribution in [1.29, 1.82) is 0 Å². The van der Waals surface area contributed by atoms with Gasteiger partial charge in [0, 0.05) is 0 Å². The van der Waals surface area contributed by atoms with Crippen molar-refractivity contribution in [3.05, 3.63) is 556 Å². The SMILES string of the molecule is c1ccc(-c2ccccc2-c2ccccc2-c2ccc3c(c2)C2(c4cc(-c5ccccc5-c5ccccc5-c5ccccc5)ccc4-c4c(-c5ccccc5-c5ccccc5-c5ccccc5)cc(-c5ccccc5-c5ccccc5-c5ccccc5)cc42)c2cc(-c4ccccc4-c4ccccc4-c4ccccc4)cc(-c4ccccc4-c4ccccc4-c4ccccc4)c2-3)cc1. The summed E-state index contributed by atoms with van der Waals surface area (Å²) in [5.74, 6) is 0. The molecule has 0 heteroatoms. The predicted octanol–water partition coefficient (Wildman–Crippen LogP) is 36.0. The number of fused-ring (bicyclic) bond motifs is 10. The quantitative estimate of drug-likeness (QED) is 0.0803. The van der Waals surface area contributed by atoms with E-state index in [4.69, 9.17) is 0 Å². The molecule has 0 saturated carbocycles. The van der Waals surface area contributed by atoms with Gasteiger partial charge in [-0.25, -0.2) is 0 Å². The number of hydrogen-bond acceptors (Lipinski definition) is 0. The summed E-state index contributed by atoms with van der Waals surface area (Å²) in [7, 11) is 0. The molecule has 0 nitrogen and oxygen atoms in total. The summed E-state index contributed by atoms with van der Waals surface area (Å²) in [5.41, 5.74) is 49.6. The highest BCUT2D eigenvalue weighted by molar-refractivity contribution is 6.11. The van der Waals surface area contributed by atoms with Crippen LogP contribution in [-0.4, -0.2) is 0 Å². The standard InChI is InChI=1S/C133H88/c1-7-43-89(44-8-1)99-55-19-29-65-109(99)115-71-35-25-61-105(115)95-79-81-123-127(85-95)133(129-87-97(107-63-27-37-73-117(107)111-67-31-21-57-101(111)91-47-11-3-12-48-91)83-125(131(123)129)121-77-41-39-75-119(121)113-69-33-23-59-103(113)93-51-15-5-16-52-93)128-86-96(106-62-26-36-72-116(106)110-66-30-20-56-100(110)90-45-9-2-10-46-90)80-82-124(128)132-126(122-78-42-40-76-120(122)114-70-34-24-60-104(114)94-53-17-6-18-54-94)84-98(88-130(132)133)108-64-28-38-74-118(108)112-68-32-22-58-102(112)92-49-13-4-14-50-92/h1-88H. The molecule has 0 aliphatic heterocycles. The van der Waals surface area contributed by atoms with E-state index in [1.54, 1.807) is 0 Å². The molecule has 0 fully saturated rings. The van der Waals surface area contributed by atoms with E-state index < -0.39 is 5.41 Å². The van der Waals surface area contributed by atoms with E-state index in [-0.39, 0.29) is 0 Å². The zero-order valence-corrected chi connectivity index (χ0v) is 73.3. The molecular formula is C133H88. The van der Waals surface area contributed by atoms with Gasteiger partial charge in [0.05, 0.1) is 5.41 Å². The Morgan fingerprint density at radius 1 is 0.0827 bits per heavy atom. The second-order valence-electron chi connectivity index (χ2n) is 34.9. The Morgan fingerprint density at radius 3 is 0.421 bits per heavy atom. The van der Waals surface area contributed by atoms with Crippen molar-refractivity contribution in [1.82, 2.24) is 0 Å². The Bertz CT molecular complexity index is 7720. The highest BCUT2D eigenvalue weighted by Crippen LogP contribution is 2.69. The van der Waals surface area contributed by atoms with Gasteiger partial charge >= 0.3 is 0 Å².